The zero-order valence-electron chi connectivity index (χ0n) is 10.7. The third kappa shape index (κ3) is 5.22. The molecule has 114 valence electrons. The zero-order chi connectivity index (χ0) is 15.1. The maximum Gasteiger partial charge on any atom is 0.387 e. The van der Waals surface area contributed by atoms with Crippen LogP contribution in [0.15, 0.2) is 18.2 Å². The van der Waals surface area contributed by atoms with Crippen LogP contribution in [0.5, 0.6) is 11.5 Å². The highest BCUT2D eigenvalue weighted by Gasteiger charge is 2.16. The van der Waals surface area contributed by atoms with E-state index in [1.54, 1.807) is 6.07 Å². The molecule has 1 rings (SSSR count). The van der Waals surface area contributed by atoms with Crippen molar-refractivity contribution in [1.29, 1.82) is 0 Å². The van der Waals surface area contributed by atoms with Crippen LogP contribution >= 0.6 is 0 Å². The first-order valence-electron chi connectivity index (χ1n) is 5.72. The Morgan fingerprint density at radius 1 is 1.20 bits per heavy atom. The molecule has 8 heteroatoms. The SMILES string of the molecule is COc1ccc(CNCC(O)C(F)F)cc1OC(F)F. The van der Waals surface area contributed by atoms with Gasteiger partial charge in [0.05, 0.1) is 7.11 Å². The lowest BCUT2D eigenvalue weighted by molar-refractivity contribution is -0.0512. The van der Waals surface area contributed by atoms with E-state index in [2.05, 4.69) is 10.1 Å². The van der Waals surface area contributed by atoms with E-state index < -0.39 is 19.1 Å². The molecule has 0 heterocycles. The fraction of sp³-hybridized carbons (Fsp3) is 0.500. The summed E-state index contributed by atoms with van der Waals surface area (Å²) in [6, 6.07) is 4.31. The Morgan fingerprint density at radius 3 is 2.45 bits per heavy atom. The van der Waals surface area contributed by atoms with Gasteiger partial charge < -0.3 is 19.9 Å². The van der Waals surface area contributed by atoms with Gasteiger partial charge in [-0.05, 0) is 17.7 Å². The molecule has 2 N–H and O–H groups in total. The summed E-state index contributed by atoms with van der Waals surface area (Å²) in [6.45, 7) is -3.19. The first-order valence-corrected chi connectivity index (χ1v) is 5.72. The molecule has 0 saturated heterocycles. The van der Waals surface area contributed by atoms with Gasteiger partial charge >= 0.3 is 6.61 Å². The molecule has 1 aromatic carbocycles. The second-order valence-electron chi connectivity index (χ2n) is 3.90. The van der Waals surface area contributed by atoms with Crippen LogP contribution in [0.4, 0.5) is 17.6 Å². The highest BCUT2D eigenvalue weighted by atomic mass is 19.3. The van der Waals surface area contributed by atoms with Crippen molar-refractivity contribution in [2.75, 3.05) is 13.7 Å². The summed E-state index contributed by atoms with van der Waals surface area (Å²) >= 11 is 0. The van der Waals surface area contributed by atoms with Crippen molar-refractivity contribution in [1.82, 2.24) is 5.32 Å². The van der Waals surface area contributed by atoms with Gasteiger partial charge in [-0.2, -0.15) is 8.78 Å². The fourth-order valence-corrected chi connectivity index (χ4v) is 1.47. The van der Waals surface area contributed by atoms with Crippen LogP contribution < -0.4 is 14.8 Å². The molecule has 0 radical (unpaired) electrons. The van der Waals surface area contributed by atoms with Crippen molar-refractivity contribution in [3.63, 3.8) is 0 Å². The molecule has 0 saturated carbocycles. The lowest BCUT2D eigenvalue weighted by atomic mass is 10.2. The van der Waals surface area contributed by atoms with Gasteiger partial charge in [0.2, 0.25) is 0 Å². The van der Waals surface area contributed by atoms with E-state index in [9.17, 15) is 17.6 Å². The van der Waals surface area contributed by atoms with E-state index in [-0.39, 0.29) is 24.6 Å². The summed E-state index contributed by atoms with van der Waals surface area (Å²) < 4.78 is 57.7. The monoisotopic (exact) mass is 297 g/mol. The highest BCUT2D eigenvalue weighted by Crippen LogP contribution is 2.29. The minimum atomic E-state index is -2.99. The molecule has 1 aromatic rings. The molecule has 0 aliphatic rings. The van der Waals surface area contributed by atoms with Crippen LogP contribution in [0.3, 0.4) is 0 Å². The average Bonchev–Trinajstić information content (AvgIpc) is 2.38. The van der Waals surface area contributed by atoms with E-state index in [0.717, 1.165) is 0 Å². The summed E-state index contributed by atoms with van der Waals surface area (Å²) in [5, 5.41) is 11.5. The average molecular weight is 297 g/mol. The minimum Gasteiger partial charge on any atom is -0.493 e. The summed E-state index contributed by atoms with van der Waals surface area (Å²) in [5.41, 5.74) is 0.530. The first kappa shape index (κ1) is 16.5. The van der Waals surface area contributed by atoms with E-state index in [0.29, 0.717) is 5.56 Å². The predicted molar refractivity (Wildman–Crippen MR) is 63.3 cm³/mol. The Morgan fingerprint density at radius 2 is 1.90 bits per heavy atom. The lowest BCUT2D eigenvalue weighted by Gasteiger charge is -2.13. The summed E-state index contributed by atoms with van der Waals surface area (Å²) in [4.78, 5) is 0. The molecule has 0 amide bonds. The molecule has 0 spiro atoms. The molecule has 4 nitrogen and oxygen atoms in total. The van der Waals surface area contributed by atoms with Gasteiger partial charge in [-0.1, -0.05) is 6.07 Å². The number of hydrogen-bond donors (Lipinski definition) is 2. The number of aliphatic hydroxyl groups excluding tert-OH is 1. The van der Waals surface area contributed by atoms with Crippen LogP contribution in [0, 0.1) is 0 Å². The standard InChI is InChI=1S/C12H15F4NO3/c1-19-9-3-2-7(4-10(9)20-12(15)16)5-17-6-8(18)11(13)14/h2-4,8,11-12,17-18H,5-6H2,1H3. The maximum absolute atomic E-state index is 12.2. The third-order valence-electron chi connectivity index (χ3n) is 2.42. The van der Waals surface area contributed by atoms with Gasteiger partial charge in [0.1, 0.15) is 6.10 Å². The second-order valence-corrected chi connectivity index (χ2v) is 3.90. The number of hydrogen-bond acceptors (Lipinski definition) is 4. The molecule has 0 aliphatic carbocycles. The quantitative estimate of drug-likeness (QED) is 0.721. The largest absolute Gasteiger partial charge is 0.493 e. The summed E-state index contributed by atoms with van der Waals surface area (Å²) in [5.74, 6) is -0.00197. The topological polar surface area (TPSA) is 50.7 Å². The van der Waals surface area contributed by atoms with Gasteiger partial charge in [0.25, 0.3) is 6.43 Å². The predicted octanol–water partition coefficient (Wildman–Crippen LogP) is 2.01. The number of aliphatic hydroxyl groups is 1. The van der Waals surface area contributed by atoms with Gasteiger partial charge in [-0.15, -0.1) is 0 Å². The van der Waals surface area contributed by atoms with Crippen LogP contribution in [0.1, 0.15) is 5.56 Å². The van der Waals surface area contributed by atoms with Gasteiger partial charge in [-0.3, -0.25) is 0 Å². The van der Waals surface area contributed by atoms with Crippen LogP contribution in [-0.2, 0) is 6.54 Å². The van der Waals surface area contributed by atoms with Crippen molar-refractivity contribution >= 4 is 0 Å². The number of benzene rings is 1. The normalized spacial score (nSPS) is 12.8. The van der Waals surface area contributed by atoms with Crippen molar-refractivity contribution in [2.24, 2.45) is 0 Å². The highest BCUT2D eigenvalue weighted by molar-refractivity contribution is 5.42. The molecular formula is C12H15F4NO3. The van der Waals surface area contributed by atoms with Crippen LogP contribution in [0.25, 0.3) is 0 Å². The molecule has 0 aromatic heterocycles. The summed E-state index contributed by atoms with van der Waals surface area (Å²) in [7, 11) is 1.31. The van der Waals surface area contributed by atoms with E-state index in [1.165, 1.54) is 19.2 Å². The molecular weight excluding hydrogens is 282 g/mol. The molecule has 0 fully saturated rings. The van der Waals surface area contributed by atoms with Gasteiger partial charge in [-0.25, -0.2) is 8.78 Å². The summed E-state index contributed by atoms with van der Waals surface area (Å²) in [6.07, 6.45) is -4.61. The molecule has 20 heavy (non-hydrogen) atoms. The van der Waals surface area contributed by atoms with Crippen molar-refractivity contribution in [3.05, 3.63) is 23.8 Å². The third-order valence-corrected chi connectivity index (χ3v) is 2.42. The number of nitrogens with one attached hydrogen (secondary N) is 1. The maximum atomic E-state index is 12.2. The van der Waals surface area contributed by atoms with E-state index >= 15 is 0 Å². The number of rotatable bonds is 8. The van der Waals surface area contributed by atoms with Crippen LogP contribution in [0.2, 0.25) is 0 Å². The van der Waals surface area contributed by atoms with Gasteiger partial charge in [0.15, 0.2) is 11.5 Å². The second kappa shape index (κ2) is 7.91. The Bertz CT molecular complexity index is 418. The van der Waals surface area contributed by atoms with Crippen molar-refractivity contribution in [2.45, 2.75) is 25.7 Å². The Hall–Kier alpha value is -1.54. The van der Waals surface area contributed by atoms with Crippen molar-refractivity contribution in [3.8, 4) is 11.5 Å². The number of halogens is 4. The number of alkyl halides is 4. The van der Waals surface area contributed by atoms with Crippen LogP contribution in [-0.4, -0.2) is 37.9 Å². The number of methoxy groups -OCH3 is 1. The Balaban J connectivity index is 2.62. The van der Waals surface area contributed by atoms with Gasteiger partial charge in [0, 0.05) is 13.1 Å². The van der Waals surface area contributed by atoms with Crippen molar-refractivity contribution < 1.29 is 32.1 Å². The molecule has 0 bridgehead atoms. The molecule has 1 unspecified atom stereocenters. The Kier molecular flexibility index (Phi) is 6.53. The lowest BCUT2D eigenvalue weighted by Crippen LogP contribution is -2.31. The fourth-order valence-electron chi connectivity index (χ4n) is 1.47. The zero-order valence-corrected chi connectivity index (χ0v) is 10.7. The number of ether oxygens (including phenoxy) is 2. The molecule has 1 atom stereocenters. The molecule has 0 aliphatic heterocycles. The first-order chi connectivity index (χ1) is 9.43. The minimum absolute atomic E-state index is 0.118. The smallest absolute Gasteiger partial charge is 0.387 e. The Labute approximate surface area is 113 Å². The van der Waals surface area contributed by atoms with E-state index in [4.69, 9.17) is 9.84 Å². The van der Waals surface area contributed by atoms with E-state index in [1.807, 2.05) is 0 Å².